The van der Waals surface area contributed by atoms with E-state index < -0.39 is 24.9 Å². The number of alkyl halides is 3. The van der Waals surface area contributed by atoms with Crippen molar-refractivity contribution in [1.29, 1.82) is 0 Å². The molecule has 6 heteroatoms. The van der Waals surface area contributed by atoms with Gasteiger partial charge in [-0.2, -0.15) is 13.2 Å². The maximum atomic E-state index is 11.8. The molecule has 0 aliphatic heterocycles. The maximum absolute atomic E-state index is 11.8. The van der Waals surface area contributed by atoms with Crippen LogP contribution in [0.25, 0.3) is 0 Å². The lowest BCUT2D eigenvalue weighted by atomic mass is 9.87. The molecule has 100 valence electrons. The van der Waals surface area contributed by atoms with E-state index in [-0.39, 0.29) is 12.0 Å². The number of carbonyl (C=O) groups excluding carboxylic acids is 1. The summed E-state index contributed by atoms with van der Waals surface area (Å²) >= 11 is 0. The highest BCUT2D eigenvalue weighted by molar-refractivity contribution is 5.75. The largest absolute Gasteiger partial charge is 0.393 e. The Hall–Kier alpha value is -0.780. The van der Waals surface area contributed by atoms with Crippen LogP contribution in [0.3, 0.4) is 0 Å². The topological polar surface area (TPSA) is 49.3 Å². The van der Waals surface area contributed by atoms with E-state index in [1.807, 2.05) is 0 Å². The third-order valence-electron chi connectivity index (χ3n) is 3.04. The fourth-order valence-corrected chi connectivity index (χ4v) is 1.95. The molecule has 3 nitrogen and oxygen atoms in total. The van der Waals surface area contributed by atoms with Crippen LogP contribution in [0.4, 0.5) is 13.2 Å². The van der Waals surface area contributed by atoms with Gasteiger partial charge in [0.1, 0.15) is 0 Å². The first-order chi connectivity index (χ1) is 7.87. The molecule has 0 saturated heterocycles. The van der Waals surface area contributed by atoms with Gasteiger partial charge in [-0.25, -0.2) is 0 Å². The Balaban J connectivity index is 2.11. The Morgan fingerprint density at radius 1 is 1.24 bits per heavy atom. The Labute approximate surface area is 98.4 Å². The van der Waals surface area contributed by atoms with Crippen molar-refractivity contribution in [3.63, 3.8) is 0 Å². The second-order valence-electron chi connectivity index (χ2n) is 4.59. The van der Waals surface area contributed by atoms with E-state index in [0.29, 0.717) is 19.4 Å². The molecule has 1 rings (SSSR count). The first-order valence-electron chi connectivity index (χ1n) is 5.88. The average Bonchev–Trinajstić information content (AvgIpc) is 2.25. The SMILES string of the molecule is O=C(CCC(F)(F)F)NCC1CCC(O)CC1. The smallest absolute Gasteiger partial charge is 0.389 e. The van der Waals surface area contributed by atoms with Gasteiger partial charge in [0, 0.05) is 13.0 Å². The van der Waals surface area contributed by atoms with E-state index in [1.165, 1.54) is 0 Å². The molecule has 0 radical (unpaired) electrons. The van der Waals surface area contributed by atoms with Crippen LogP contribution in [0.15, 0.2) is 0 Å². The summed E-state index contributed by atoms with van der Waals surface area (Å²) in [7, 11) is 0. The van der Waals surface area contributed by atoms with Gasteiger partial charge in [-0.15, -0.1) is 0 Å². The van der Waals surface area contributed by atoms with Crippen molar-refractivity contribution < 1.29 is 23.1 Å². The van der Waals surface area contributed by atoms with Crippen molar-refractivity contribution in [1.82, 2.24) is 5.32 Å². The number of halogens is 3. The van der Waals surface area contributed by atoms with E-state index >= 15 is 0 Å². The van der Waals surface area contributed by atoms with E-state index in [0.717, 1.165) is 12.8 Å². The number of nitrogens with one attached hydrogen (secondary N) is 1. The zero-order valence-electron chi connectivity index (χ0n) is 9.59. The molecule has 1 aliphatic rings. The Kier molecular flexibility index (Phi) is 5.24. The normalized spacial score (nSPS) is 25.6. The molecule has 0 heterocycles. The second kappa shape index (κ2) is 6.23. The van der Waals surface area contributed by atoms with E-state index in [4.69, 9.17) is 0 Å². The summed E-state index contributed by atoms with van der Waals surface area (Å²) < 4.78 is 35.5. The fourth-order valence-electron chi connectivity index (χ4n) is 1.95. The predicted molar refractivity (Wildman–Crippen MR) is 56.3 cm³/mol. The standard InChI is InChI=1S/C11H18F3NO2/c12-11(13,14)6-5-10(17)15-7-8-1-3-9(16)4-2-8/h8-9,16H,1-7H2,(H,15,17). The van der Waals surface area contributed by atoms with Crippen molar-refractivity contribution in [2.45, 2.75) is 50.8 Å². The third kappa shape index (κ3) is 6.51. The minimum atomic E-state index is -4.27. The fraction of sp³-hybridized carbons (Fsp3) is 0.909. The van der Waals surface area contributed by atoms with Crippen LogP contribution in [-0.4, -0.2) is 29.8 Å². The molecular weight excluding hydrogens is 235 g/mol. The van der Waals surface area contributed by atoms with Crippen molar-refractivity contribution in [2.75, 3.05) is 6.54 Å². The molecule has 0 aromatic carbocycles. The second-order valence-corrected chi connectivity index (χ2v) is 4.59. The summed E-state index contributed by atoms with van der Waals surface area (Å²) in [6, 6.07) is 0. The van der Waals surface area contributed by atoms with Crippen LogP contribution in [0.1, 0.15) is 38.5 Å². The molecule has 1 amide bonds. The van der Waals surface area contributed by atoms with E-state index in [2.05, 4.69) is 5.32 Å². The summed E-state index contributed by atoms with van der Waals surface area (Å²) in [5, 5.41) is 11.8. The lowest BCUT2D eigenvalue weighted by molar-refractivity contribution is -0.144. The number of aliphatic hydroxyl groups is 1. The van der Waals surface area contributed by atoms with Crippen molar-refractivity contribution in [3.05, 3.63) is 0 Å². The first kappa shape index (κ1) is 14.3. The Morgan fingerprint density at radius 2 is 1.82 bits per heavy atom. The summed E-state index contributed by atoms with van der Waals surface area (Å²) in [5.41, 5.74) is 0. The monoisotopic (exact) mass is 253 g/mol. The maximum Gasteiger partial charge on any atom is 0.389 e. The van der Waals surface area contributed by atoms with Gasteiger partial charge in [0.05, 0.1) is 12.5 Å². The lowest BCUT2D eigenvalue weighted by Gasteiger charge is -2.25. The molecule has 0 bridgehead atoms. The van der Waals surface area contributed by atoms with Crippen LogP contribution in [-0.2, 0) is 4.79 Å². The number of carbonyl (C=O) groups is 1. The van der Waals surface area contributed by atoms with Crippen molar-refractivity contribution in [2.24, 2.45) is 5.92 Å². The summed E-state index contributed by atoms with van der Waals surface area (Å²) in [5.74, 6) is -0.262. The number of amides is 1. The predicted octanol–water partition coefficient (Wildman–Crippen LogP) is 2.00. The van der Waals surface area contributed by atoms with Gasteiger partial charge >= 0.3 is 6.18 Å². The van der Waals surface area contributed by atoms with Gasteiger partial charge in [0.15, 0.2) is 0 Å². The number of aliphatic hydroxyl groups excluding tert-OH is 1. The summed E-state index contributed by atoms with van der Waals surface area (Å²) in [4.78, 5) is 11.1. The highest BCUT2D eigenvalue weighted by Crippen LogP contribution is 2.24. The minimum absolute atomic E-state index is 0.257. The number of hydrogen-bond acceptors (Lipinski definition) is 2. The highest BCUT2D eigenvalue weighted by Gasteiger charge is 2.28. The molecule has 1 saturated carbocycles. The summed E-state index contributed by atoms with van der Waals surface area (Å²) in [6.07, 6.45) is -3.03. The van der Waals surface area contributed by atoms with Crippen LogP contribution in [0, 0.1) is 5.92 Å². The zero-order valence-corrected chi connectivity index (χ0v) is 9.59. The first-order valence-corrected chi connectivity index (χ1v) is 5.88. The van der Waals surface area contributed by atoms with E-state index in [9.17, 15) is 23.1 Å². The molecule has 17 heavy (non-hydrogen) atoms. The third-order valence-corrected chi connectivity index (χ3v) is 3.04. The number of rotatable bonds is 4. The molecule has 0 atom stereocenters. The van der Waals surface area contributed by atoms with Gasteiger partial charge in [0.2, 0.25) is 5.91 Å². The van der Waals surface area contributed by atoms with Gasteiger partial charge in [-0.3, -0.25) is 4.79 Å². The minimum Gasteiger partial charge on any atom is -0.393 e. The molecule has 0 aromatic rings. The van der Waals surface area contributed by atoms with Gasteiger partial charge in [-0.05, 0) is 31.6 Å². The van der Waals surface area contributed by atoms with E-state index in [1.54, 1.807) is 0 Å². The molecule has 0 aromatic heterocycles. The van der Waals surface area contributed by atoms with Gasteiger partial charge in [-0.1, -0.05) is 0 Å². The van der Waals surface area contributed by atoms with Crippen LogP contribution in [0.2, 0.25) is 0 Å². The van der Waals surface area contributed by atoms with Crippen LogP contribution >= 0.6 is 0 Å². The molecular formula is C11H18F3NO2. The molecule has 0 spiro atoms. The molecule has 2 N–H and O–H groups in total. The van der Waals surface area contributed by atoms with Crippen LogP contribution < -0.4 is 5.32 Å². The molecule has 1 fully saturated rings. The lowest BCUT2D eigenvalue weighted by Crippen LogP contribution is -2.32. The average molecular weight is 253 g/mol. The van der Waals surface area contributed by atoms with Crippen molar-refractivity contribution in [3.8, 4) is 0 Å². The highest BCUT2D eigenvalue weighted by atomic mass is 19.4. The van der Waals surface area contributed by atoms with Crippen LogP contribution in [0.5, 0.6) is 0 Å². The van der Waals surface area contributed by atoms with Gasteiger partial charge in [0.25, 0.3) is 0 Å². The Bertz CT molecular complexity index is 248. The van der Waals surface area contributed by atoms with Gasteiger partial charge < -0.3 is 10.4 Å². The zero-order chi connectivity index (χ0) is 12.9. The number of hydrogen-bond donors (Lipinski definition) is 2. The summed E-state index contributed by atoms with van der Waals surface area (Å²) in [6.45, 7) is 0.420. The Morgan fingerprint density at radius 3 is 2.35 bits per heavy atom. The molecule has 1 aliphatic carbocycles. The quantitative estimate of drug-likeness (QED) is 0.805. The molecule has 0 unspecified atom stereocenters. The van der Waals surface area contributed by atoms with Crippen molar-refractivity contribution >= 4 is 5.91 Å².